The predicted octanol–water partition coefficient (Wildman–Crippen LogP) is 7.22. The monoisotopic (exact) mass is 700 g/mol. The summed E-state index contributed by atoms with van der Waals surface area (Å²) in [6.07, 6.45) is 0. The quantitative estimate of drug-likeness (QED) is 0.182. The Morgan fingerprint density at radius 1 is 0.613 bits per heavy atom. The fourth-order valence-electron chi connectivity index (χ4n) is 0.803. The molecule has 1 radical (unpaired) electrons. The maximum absolute atomic E-state index is 11.3. The first-order valence-corrected chi connectivity index (χ1v) is 11.7. The average Bonchev–Trinajstić information content (AvgIpc) is 3.18. The molecule has 0 atom stereocenters. The van der Waals surface area contributed by atoms with Crippen LogP contribution in [0.1, 0.15) is 20.8 Å². The van der Waals surface area contributed by atoms with Gasteiger partial charge in [-0.1, -0.05) is 20.8 Å². The van der Waals surface area contributed by atoms with E-state index in [4.69, 9.17) is 0 Å². The largest absolute Gasteiger partial charge is 4.00 e. The fraction of sp³-hybridized carbons (Fsp3) is 0.706. The molecule has 0 unspecified atom stereocenters. The van der Waals surface area contributed by atoms with Gasteiger partial charge in [-0.3, -0.25) is 0 Å². The van der Waals surface area contributed by atoms with Gasteiger partial charge in [0.15, 0.2) is 0 Å². The van der Waals surface area contributed by atoms with E-state index in [0.717, 1.165) is 19.6 Å². The molecule has 0 aromatic heterocycles. The van der Waals surface area contributed by atoms with Gasteiger partial charge in [0.05, 0.1) is 0 Å². The van der Waals surface area contributed by atoms with Crippen molar-refractivity contribution in [2.24, 2.45) is 0 Å². The Kier molecular flexibility index (Phi) is 32.8. The molecule has 31 heavy (non-hydrogen) atoms. The van der Waals surface area contributed by atoms with Crippen LogP contribution in [0.4, 0.5) is 39.5 Å². The molecule has 0 bridgehead atoms. The SMILES string of the molecule is CC[N-]C.CC[N-]C.CC[N-]C.F[C](F)(F)[Ge]([C](F)(F)F)[C](F)(F)F.[Hf+4].c1cc[cH-]c1. The topological polar surface area (TPSA) is 42.3 Å². The summed E-state index contributed by atoms with van der Waals surface area (Å²) >= 11 is -7.10. The van der Waals surface area contributed by atoms with Crippen molar-refractivity contribution < 1.29 is 65.4 Å². The minimum absolute atomic E-state index is 0. The smallest absolute Gasteiger partial charge is 0.214 e. The Hall–Kier alpha value is 0.0130. The van der Waals surface area contributed by atoms with Gasteiger partial charge < -0.3 is 16.0 Å². The number of nitrogens with zero attached hydrogens (tertiary/aromatic N) is 3. The van der Waals surface area contributed by atoms with Crippen LogP contribution in [0.5, 0.6) is 0 Å². The van der Waals surface area contributed by atoms with Crippen molar-refractivity contribution >= 4 is 14.3 Å². The van der Waals surface area contributed by atoms with Crippen LogP contribution in [0, 0.1) is 0 Å². The van der Waals surface area contributed by atoms with E-state index in [2.05, 4.69) is 16.0 Å². The van der Waals surface area contributed by atoms with E-state index in [1.807, 2.05) is 51.1 Å². The van der Waals surface area contributed by atoms with Crippen LogP contribution >= 0.6 is 0 Å². The molecule has 0 aliphatic heterocycles. The molecule has 3 nitrogen and oxygen atoms in total. The van der Waals surface area contributed by atoms with Crippen molar-refractivity contribution in [1.29, 1.82) is 0 Å². The molecule has 0 saturated heterocycles. The molecule has 0 saturated carbocycles. The van der Waals surface area contributed by atoms with Gasteiger partial charge in [-0.2, -0.15) is 59.0 Å². The maximum atomic E-state index is 11.3. The van der Waals surface area contributed by atoms with Crippen molar-refractivity contribution in [2.75, 3.05) is 40.8 Å². The Morgan fingerprint density at radius 3 is 0.839 bits per heavy atom. The standard InChI is InChI=1S/C5H5.C3F9Ge.3C3H8N.Hf/c1-2-4-5-3-1;4-1(5,6)13(2(7,8)9)3(10,11)12;3*1-3-4-2;/h1-5H;;3*3H2,1-2H3;/q-1;;3*-1;+4. The van der Waals surface area contributed by atoms with Crippen LogP contribution in [0.25, 0.3) is 16.0 Å². The summed E-state index contributed by atoms with van der Waals surface area (Å²) in [5.41, 5.74) is 0. The molecule has 0 fully saturated rings. The first-order valence-electron chi connectivity index (χ1n) is 8.53. The zero-order chi connectivity index (χ0) is 24.9. The van der Waals surface area contributed by atoms with Crippen molar-refractivity contribution in [2.45, 2.75) is 35.8 Å². The van der Waals surface area contributed by atoms with Crippen LogP contribution < -0.4 is 0 Å². The van der Waals surface area contributed by atoms with E-state index in [-0.39, 0.29) is 25.8 Å². The van der Waals surface area contributed by atoms with Crippen LogP contribution in [0.15, 0.2) is 30.3 Å². The molecule has 1 rings (SSSR count). The minimum atomic E-state index is -7.10. The fourth-order valence-corrected chi connectivity index (χ4v) is 2.83. The van der Waals surface area contributed by atoms with E-state index in [9.17, 15) is 39.5 Å². The third-order valence-corrected chi connectivity index (χ3v) is 5.92. The molecule has 14 heteroatoms. The molecule has 0 spiro atoms. The van der Waals surface area contributed by atoms with Crippen LogP contribution in [-0.4, -0.2) is 70.2 Å². The molecule has 0 amide bonds. The summed E-state index contributed by atoms with van der Waals surface area (Å²) in [5, 5.41) is -7.39. The third kappa shape index (κ3) is 34.8. The summed E-state index contributed by atoms with van der Waals surface area (Å²) in [6, 6.07) is 10.0. The summed E-state index contributed by atoms with van der Waals surface area (Å²) in [7, 11) is 5.42. The zero-order valence-electron chi connectivity index (χ0n) is 18.3. The normalized spacial score (nSPS) is 10.6. The minimum Gasteiger partial charge on any atom is -0.214 e. The van der Waals surface area contributed by atoms with Gasteiger partial charge >= 0.3 is 94.7 Å². The van der Waals surface area contributed by atoms with Gasteiger partial charge in [0.2, 0.25) is 0 Å². The van der Waals surface area contributed by atoms with Gasteiger partial charge in [0, 0.05) is 0 Å². The van der Waals surface area contributed by atoms with Crippen molar-refractivity contribution in [3.8, 4) is 0 Å². The van der Waals surface area contributed by atoms with Crippen molar-refractivity contribution in [3.63, 3.8) is 0 Å². The second kappa shape index (κ2) is 24.7. The Labute approximate surface area is 202 Å². The van der Waals surface area contributed by atoms with E-state index in [1.54, 1.807) is 21.1 Å². The molecule has 1 aromatic carbocycles. The van der Waals surface area contributed by atoms with E-state index in [0.29, 0.717) is 0 Å². The molecular weight excluding hydrogens is 668 g/mol. The summed E-state index contributed by atoms with van der Waals surface area (Å²) in [4.78, 5) is 0. The number of hydrogen-bond donors (Lipinski definition) is 0. The summed E-state index contributed by atoms with van der Waals surface area (Å²) < 4.78 is 102. The van der Waals surface area contributed by atoms with Gasteiger partial charge in [-0.25, -0.2) is 12.1 Å². The Morgan fingerprint density at radius 2 is 0.806 bits per heavy atom. The second-order valence-electron chi connectivity index (χ2n) is 4.73. The first-order chi connectivity index (χ1) is 13.6. The number of halogens is 9. The first kappa shape index (κ1) is 41.3. The third-order valence-electron chi connectivity index (χ3n) is 2.35. The number of hydrogen-bond acceptors (Lipinski definition) is 0. The average molecular weight is 698 g/mol. The van der Waals surface area contributed by atoms with Crippen LogP contribution in [0.3, 0.4) is 0 Å². The molecule has 183 valence electrons. The Balaban J connectivity index is -0.000000103. The van der Waals surface area contributed by atoms with Crippen molar-refractivity contribution in [3.05, 3.63) is 46.3 Å². The molecule has 0 aliphatic carbocycles. The van der Waals surface area contributed by atoms with E-state index < -0.39 is 29.4 Å². The van der Waals surface area contributed by atoms with Crippen LogP contribution in [-0.2, 0) is 25.8 Å². The van der Waals surface area contributed by atoms with E-state index >= 15 is 0 Å². The number of rotatable bonds is 3. The summed E-state index contributed by atoms with van der Waals surface area (Å²) in [5.74, 6) is 0. The van der Waals surface area contributed by atoms with Crippen molar-refractivity contribution in [1.82, 2.24) is 0 Å². The molecule has 0 aliphatic rings. The summed E-state index contributed by atoms with van der Waals surface area (Å²) in [6.45, 7) is 8.88. The van der Waals surface area contributed by atoms with Gasteiger partial charge in [0.1, 0.15) is 0 Å². The van der Waals surface area contributed by atoms with Gasteiger partial charge in [0.25, 0.3) is 0 Å². The Bertz CT molecular complexity index is 360. The molecule has 0 heterocycles. The molecule has 1 aromatic rings. The van der Waals surface area contributed by atoms with Gasteiger partial charge in [-0.05, 0) is 0 Å². The van der Waals surface area contributed by atoms with Gasteiger partial charge in [-0.15, -0.1) is 0 Å². The van der Waals surface area contributed by atoms with Crippen LogP contribution in [0.2, 0.25) is 0 Å². The zero-order valence-corrected chi connectivity index (χ0v) is 23.9. The molecular formula is C17H29F9GeHfN3. The van der Waals surface area contributed by atoms with E-state index in [1.165, 1.54) is 0 Å². The predicted molar refractivity (Wildman–Crippen MR) is 105 cm³/mol. The second-order valence-corrected chi connectivity index (χ2v) is 9.87. The molecule has 0 N–H and O–H groups in total. The maximum Gasteiger partial charge on any atom is 4.00 e. The number of alkyl halides is 9.